The van der Waals surface area contributed by atoms with Gasteiger partial charge in [-0.2, -0.15) is 30.1 Å². The number of azo groups is 1. The maximum absolute atomic E-state index is 13.4. The highest BCUT2D eigenvalue weighted by atomic mass is 32.2. The first kappa shape index (κ1) is 56.9. The molecule has 24 heteroatoms. The Morgan fingerprint density at radius 1 is 0.846 bits per heavy atom. The van der Waals surface area contributed by atoms with Crippen molar-refractivity contribution in [2.75, 3.05) is 30.0 Å². The molecule has 0 saturated carbocycles. The van der Waals surface area contributed by atoms with Crippen LogP contribution in [0.2, 0.25) is 0 Å². The van der Waals surface area contributed by atoms with Gasteiger partial charge >= 0.3 is 5.97 Å². The fourth-order valence-electron chi connectivity index (χ4n) is 8.57. The second kappa shape index (κ2) is 23.7. The number of pyridine rings is 1. The number of fused-ring (bicyclic) bond motifs is 2. The molecule has 3 N–H and O–H groups in total. The van der Waals surface area contributed by atoms with Gasteiger partial charge in [-0.1, -0.05) is 83.8 Å². The van der Waals surface area contributed by atoms with Crippen molar-refractivity contribution in [1.82, 2.24) is 34.9 Å². The fourth-order valence-corrected chi connectivity index (χ4v) is 12.0. The molecule has 8 rings (SSSR count). The largest absolute Gasteiger partial charge is 0.465 e. The number of aryl methyl sites for hydroxylation is 7. The molecule has 0 bridgehead atoms. The van der Waals surface area contributed by atoms with Crippen LogP contribution in [0, 0.1) is 59.8 Å². The lowest BCUT2D eigenvalue weighted by Gasteiger charge is -2.27. The van der Waals surface area contributed by atoms with Gasteiger partial charge in [0.15, 0.2) is 16.8 Å². The highest BCUT2D eigenvalue weighted by Gasteiger charge is 2.30. The van der Waals surface area contributed by atoms with E-state index in [9.17, 15) is 18.5 Å². The quantitative estimate of drug-likeness (QED) is 0.0115. The van der Waals surface area contributed by atoms with E-state index in [1.165, 1.54) is 34.8 Å². The minimum absolute atomic E-state index is 0.00197. The third kappa shape index (κ3) is 12.6. The number of rotatable bonds is 21. The van der Waals surface area contributed by atoms with Crippen LogP contribution in [-0.2, 0) is 44.1 Å². The molecule has 4 aromatic heterocycles. The molecule has 4 aromatic carbocycles. The predicted octanol–water partition coefficient (Wildman–Crippen LogP) is 13.2. The number of nitrogens with one attached hydrogen (secondary N) is 3. The normalized spacial score (nSPS) is 11.9. The molecule has 0 unspecified atom stereocenters. The Labute approximate surface area is 464 Å². The molecule has 8 aromatic rings. The molecule has 0 atom stereocenters. The van der Waals surface area contributed by atoms with Crippen molar-refractivity contribution >= 4 is 111 Å². The van der Waals surface area contributed by atoms with Gasteiger partial charge in [0.2, 0.25) is 21.0 Å². The Morgan fingerprint density at radius 2 is 1.55 bits per heavy atom. The first-order valence-electron chi connectivity index (χ1n) is 24.5. The van der Waals surface area contributed by atoms with Gasteiger partial charge < -0.3 is 14.9 Å². The number of nitrogens with zero attached hydrogens (tertiary/aromatic N) is 9. The lowest BCUT2D eigenvalue weighted by Crippen LogP contribution is -2.30. The number of carbonyl (C=O) groups excluding carboxylic acids is 1. The van der Waals surface area contributed by atoms with Crippen molar-refractivity contribution in [3.63, 3.8) is 0 Å². The third-order valence-electron chi connectivity index (χ3n) is 11.8. The molecule has 406 valence electrons. The first-order valence-corrected chi connectivity index (χ1v) is 28.4. The summed E-state index contributed by atoms with van der Waals surface area (Å²) in [6, 6.07) is 22.8. The fraction of sp³-hybridized carbons (Fsp3) is 0.296. The number of nitriles is 1. The Balaban J connectivity index is 1.25. The van der Waals surface area contributed by atoms with Crippen molar-refractivity contribution < 1.29 is 37.0 Å². The van der Waals surface area contributed by atoms with Gasteiger partial charge in [-0.05, 0) is 139 Å². The van der Waals surface area contributed by atoms with E-state index in [-0.39, 0.29) is 28.8 Å². The van der Waals surface area contributed by atoms with Crippen LogP contribution < -0.4 is 20.4 Å². The summed E-state index contributed by atoms with van der Waals surface area (Å²) in [5, 5.41) is 30.2. The average molecular weight is 1130 g/mol. The summed E-state index contributed by atoms with van der Waals surface area (Å²) in [6.45, 7) is 27.0. The van der Waals surface area contributed by atoms with Crippen LogP contribution in [0.15, 0.2) is 99.2 Å². The molecule has 0 amide bonds. The summed E-state index contributed by atoms with van der Waals surface area (Å²) in [5.41, 5.74) is 12.4. The zero-order valence-corrected chi connectivity index (χ0v) is 48.4. The number of sulfonamides is 1. The van der Waals surface area contributed by atoms with Crippen LogP contribution in [-0.4, -0.2) is 58.9 Å². The van der Waals surface area contributed by atoms with Crippen molar-refractivity contribution in [3.05, 3.63) is 129 Å². The van der Waals surface area contributed by atoms with Crippen molar-refractivity contribution in [1.29, 1.82) is 5.26 Å². The van der Waals surface area contributed by atoms with Gasteiger partial charge in [0.25, 0.3) is 0 Å². The summed E-state index contributed by atoms with van der Waals surface area (Å²) in [6.07, 6.45) is 0. The number of ether oxygens (including phenoxy) is 1. The SMILES string of the molecule is C=C(NOOSc1ccc2sc(-n3nc(C(C)(C)C)c(C#N)c3N=Nc3c(C)cc(N(c4nc5ccc(S(=O)(=O)NCC(=O)OCC)cc5s4)c4c(C)cc(C)cc4C)nc3Nc3c(C)cc(C)cc3C)nc2c1)OOCC. The van der Waals surface area contributed by atoms with Gasteiger partial charge in [-0.15, -0.1) is 14.6 Å². The van der Waals surface area contributed by atoms with E-state index in [1.54, 1.807) is 24.6 Å². The highest BCUT2D eigenvalue weighted by Crippen LogP contribution is 2.46. The molecule has 0 aliphatic rings. The second-order valence-electron chi connectivity index (χ2n) is 19.1. The van der Waals surface area contributed by atoms with E-state index in [4.69, 9.17) is 54.1 Å². The van der Waals surface area contributed by atoms with E-state index in [1.807, 2.05) is 98.4 Å². The minimum atomic E-state index is -4.09. The summed E-state index contributed by atoms with van der Waals surface area (Å²) < 4.78 is 42.3. The molecule has 0 radical (unpaired) electrons. The monoisotopic (exact) mass is 1130 g/mol. The topological polar surface area (TPSA) is 242 Å². The standard InChI is InChI=1S/C54H58N12O8S4/c1-14-70-45(67)28-56-78(68,69)38-17-18-40-43(26-38)76-52(57-40)65(48-34(8)22-30(4)23-35(48)9)44-24-33(7)47(50(59-44)60-46-31(5)20-29(3)21-32(46)6)61-62-51-39(27-55)49(54(11,12)13)63-66(51)53-58-41-25-37(16-19-42(41)75-53)77-74-73-64-36(10)72-71-15-2/h16-26,56,64H,10,14-15,28H2,1-9,11-13H3,(H,59,60). The molecule has 0 spiro atoms. The van der Waals surface area contributed by atoms with E-state index in [2.05, 4.69) is 52.4 Å². The molecule has 0 aliphatic carbocycles. The number of hydrogen-bond donors (Lipinski definition) is 3. The van der Waals surface area contributed by atoms with Gasteiger partial charge in [0.05, 0.1) is 62.0 Å². The molecule has 0 aliphatic heterocycles. The number of hydroxylamine groups is 1. The van der Waals surface area contributed by atoms with Gasteiger partial charge in [-0.3, -0.25) is 9.69 Å². The Morgan fingerprint density at radius 3 is 2.22 bits per heavy atom. The van der Waals surface area contributed by atoms with Crippen LogP contribution in [0.4, 0.5) is 39.6 Å². The Bertz CT molecular complexity index is 3760. The van der Waals surface area contributed by atoms with Gasteiger partial charge in [-0.25, -0.2) is 23.4 Å². The number of esters is 1. The van der Waals surface area contributed by atoms with Crippen LogP contribution in [0.1, 0.15) is 84.8 Å². The molecule has 20 nitrogen and oxygen atoms in total. The lowest BCUT2D eigenvalue weighted by molar-refractivity contribution is -0.305. The Hall–Kier alpha value is -7.34. The smallest absolute Gasteiger partial charge is 0.321 e. The summed E-state index contributed by atoms with van der Waals surface area (Å²) in [5.74, 6) is 0.320. The number of aromatic nitrogens is 5. The molecule has 0 saturated heterocycles. The van der Waals surface area contributed by atoms with Crippen molar-refractivity contribution in [2.45, 2.75) is 98.3 Å². The van der Waals surface area contributed by atoms with Crippen molar-refractivity contribution in [3.8, 4) is 11.2 Å². The predicted molar refractivity (Wildman–Crippen MR) is 304 cm³/mol. The number of anilines is 5. The van der Waals surface area contributed by atoms with Crippen LogP contribution in [0.5, 0.6) is 0 Å². The van der Waals surface area contributed by atoms with Crippen LogP contribution in [0.25, 0.3) is 25.6 Å². The molecule has 0 fully saturated rings. The molecular formula is C54H58N12O8S4. The molecular weight excluding hydrogens is 1070 g/mol. The Kier molecular flexibility index (Phi) is 17.3. The van der Waals surface area contributed by atoms with Crippen LogP contribution in [0.3, 0.4) is 0 Å². The van der Waals surface area contributed by atoms with E-state index in [0.717, 1.165) is 61.5 Å². The van der Waals surface area contributed by atoms with E-state index < -0.39 is 28.0 Å². The maximum atomic E-state index is 13.4. The zero-order chi connectivity index (χ0) is 56.2. The first-order chi connectivity index (χ1) is 37.1. The molecule has 78 heavy (non-hydrogen) atoms. The van der Waals surface area contributed by atoms with Gasteiger partial charge in [0, 0.05) is 16.0 Å². The van der Waals surface area contributed by atoms with E-state index >= 15 is 0 Å². The summed E-state index contributed by atoms with van der Waals surface area (Å²) >= 11 is 3.58. The number of benzene rings is 4. The average Bonchev–Trinajstić information content (AvgIpc) is 4.11. The van der Waals surface area contributed by atoms with Crippen molar-refractivity contribution in [2.24, 2.45) is 10.2 Å². The third-order valence-corrected chi connectivity index (χ3v) is 15.8. The lowest BCUT2D eigenvalue weighted by atomic mass is 9.90. The maximum Gasteiger partial charge on any atom is 0.321 e. The molecule has 4 heterocycles. The number of hydrogen-bond acceptors (Lipinski definition) is 21. The van der Waals surface area contributed by atoms with E-state index in [0.29, 0.717) is 66.1 Å². The van der Waals surface area contributed by atoms with Crippen LogP contribution >= 0.6 is 34.7 Å². The van der Waals surface area contributed by atoms with Gasteiger partial charge in [0.1, 0.15) is 29.7 Å². The second-order valence-corrected chi connectivity index (χ2v) is 23.7. The summed E-state index contributed by atoms with van der Waals surface area (Å²) in [4.78, 5) is 44.8. The summed E-state index contributed by atoms with van der Waals surface area (Å²) in [7, 11) is -4.09. The highest BCUT2D eigenvalue weighted by molar-refractivity contribution is 7.94. The zero-order valence-electron chi connectivity index (χ0n) is 45.1. The minimum Gasteiger partial charge on any atom is -0.465 e. The number of carbonyl (C=O) groups is 1. The number of thiazole rings is 2.